The van der Waals surface area contributed by atoms with Crippen LogP contribution in [0.4, 0.5) is 0 Å². The molecule has 0 aromatic heterocycles. The molecule has 0 N–H and O–H groups in total. The minimum absolute atomic E-state index is 0.0223. The van der Waals surface area contributed by atoms with E-state index in [-0.39, 0.29) is 67.8 Å². The summed E-state index contributed by atoms with van der Waals surface area (Å²) in [6.07, 6.45) is 5.50. The number of esters is 2. The van der Waals surface area contributed by atoms with Crippen LogP contribution in [0.15, 0.2) is 0 Å². The van der Waals surface area contributed by atoms with Crippen molar-refractivity contribution in [1.29, 1.82) is 0 Å². The minimum atomic E-state index is -0.267. The summed E-state index contributed by atoms with van der Waals surface area (Å²) >= 11 is 0. The average molecular weight is 429 g/mol. The number of ether oxygens (including phenoxy) is 3. The molecule has 0 spiro atoms. The van der Waals surface area contributed by atoms with Crippen LogP contribution in [-0.4, -0.2) is 50.4 Å². The SMILES string of the molecule is CC(=O)C(C)CCCC(C)C(=O)OCCOCCOC(=O)C(C)CCCC(C)C=O. The molecule has 0 fully saturated rings. The van der Waals surface area contributed by atoms with Crippen LogP contribution < -0.4 is 0 Å². The molecular weight excluding hydrogens is 388 g/mol. The maximum atomic E-state index is 11.9. The molecule has 30 heavy (non-hydrogen) atoms. The summed E-state index contributed by atoms with van der Waals surface area (Å²) in [6, 6.07) is 0. The van der Waals surface area contributed by atoms with Crippen molar-refractivity contribution in [3.63, 3.8) is 0 Å². The molecule has 0 aliphatic carbocycles. The molecule has 0 bridgehead atoms. The van der Waals surface area contributed by atoms with E-state index >= 15 is 0 Å². The number of carbonyl (C=O) groups excluding carboxylic acids is 4. The van der Waals surface area contributed by atoms with Gasteiger partial charge in [0.25, 0.3) is 0 Å². The summed E-state index contributed by atoms with van der Waals surface area (Å²) in [6.45, 7) is 9.80. The van der Waals surface area contributed by atoms with Crippen LogP contribution in [0.5, 0.6) is 0 Å². The van der Waals surface area contributed by atoms with Crippen LogP contribution in [-0.2, 0) is 33.4 Å². The predicted octanol–water partition coefficient (Wildman–Crippen LogP) is 3.76. The van der Waals surface area contributed by atoms with Crippen LogP contribution in [0, 0.1) is 23.7 Å². The molecule has 0 rings (SSSR count). The summed E-state index contributed by atoms with van der Waals surface area (Å²) < 4.78 is 15.7. The lowest BCUT2D eigenvalue weighted by Crippen LogP contribution is -2.20. The highest BCUT2D eigenvalue weighted by molar-refractivity contribution is 5.77. The van der Waals surface area contributed by atoms with Crippen LogP contribution in [0.2, 0.25) is 0 Å². The second-order valence-electron chi connectivity index (χ2n) is 8.24. The first-order valence-electron chi connectivity index (χ1n) is 11.1. The molecule has 0 radical (unpaired) electrons. The summed E-state index contributed by atoms with van der Waals surface area (Å²) in [5.41, 5.74) is 0. The topological polar surface area (TPSA) is 96.0 Å². The van der Waals surface area contributed by atoms with Crippen molar-refractivity contribution in [2.75, 3.05) is 26.4 Å². The average Bonchev–Trinajstić information content (AvgIpc) is 2.71. The molecule has 0 aromatic carbocycles. The van der Waals surface area contributed by atoms with Crippen LogP contribution in [0.3, 0.4) is 0 Å². The summed E-state index contributed by atoms with van der Waals surface area (Å²) in [5.74, 6) is -0.716. The van der Waals surface area contributed by atoms with Gasteiger partial charge in [-0.2, -0.15) is 0 Å². The Kier molecular flexibility index (Phi) is 16.0. The highest BCUT2D eigenvalue weighted by Gasteiger charge is 2.16. The van der Waals surface area contributed by atoms with Crippen molar-refractivity contribution >= 4 is 24.0 Å². The van der Waals surface area contributed by atoms with E-state index in [4.69, 9.17) is 14.2 Å². The Morgan fingerprint density at radius 1 is 0.700 bits per heavy atom. The largest absolute Gasteiger partial charge is 0.463 e. The monoisotopic (exact) mass is 428 g/mol. The quantitative estimate of drug-likeness (QED) is 0.186. The van der Waals surface area contributed by atoms with Crippen LogP contribution >= 0.6 is 0 Å². The Balaban J connectivity index is 3.69. The molecule has 0 aliphatic heterocycles. The Labute approximate surface area is 181 Å². The highest BCUT2D eigenvalue weighted by atomic mass is 16.6. The summed E-state index contributed by atoms with van der Waals surface area (Å²) in [4.78, 5) is 45.6. The third-order valence-corrected chi connectivity index (χ3v) is 5.25. The number of hydrogen-bond acceptors (Lipinski definition) is 7. The highest BCUT2D eigenvalue weighted by Crippen LogP contribution is 2.15. The first-order valence-corrected chi connectivity index (χ1v) is 11.1. The first kappa shape index (κ1) is 28.2. The van der Waals surface area contributed by atoms with E-state index in [9.17, 15) is 19.2 Å². The van der Waals surface area contributed by atoms with E-state index in [0.717, 1.165) is 32.0 Å². The molecule has 0 aliphatic rings. The maximum Gasteiger partial charge on any atom is 0.308 e. The van der Waals surface area contributed by atoms with Crippen molar-refractivity contribution in [2.24, 2.45) is 23.7 Å². The molecular formula is C23H40O7. The molecule has 4 atom stereocenters. The van der Waals surface area contributed by atoms with Crippen molar-refractivity contribution in [3.8, 4) is 0 Å². The van der Waals surface area contributed by atoms with Gasteiger partial charge in [-0.15, -0.1) is 0 Å². The number of ketones is 1. The van der Waals surface area contributed by atoms with Gasteiger partial charge in [-0.25, -0.2) is 0 Å². The Hall–Kier alpha value is -1.76. The summed E-state index contributed by atoms with van der Waals surface area (Å²) in [5, 5.41) is 0. The van der Waals surface area contributed by atoms with Gasteiger partial charge in [-0.1, -0.05) is 40.5 Å². The van der Waals surface area contributed by atoms with Gasteiger partial charge in [0.15, 0.2) is 0 Å². The van der Waals surface area contributed by atoms with Gasteiger partial charge in [0.1, 0.15) is 25.3 Å². The molecule has 0 aromatic rings. The Morgan fingerprint density at radius 2 is 1.13 bits per heavy atom. The van der Waals surface area contributed by atoms with Crippen LogP contribution in [0.25, 0.3) is 0 Å². The van der Waals surface area contributed by atoms with Gasteiger partial charge >= 0.3 is 11.9 Å². The molecule has 0 amide bonds. The van der Waals surface area contributed by atoms with Gasteiger partial charge in [0, 0.05) is 11.8 Å². The van der Waals surface area contributed by atoms with Gasteiger partial charge in [0.2, 0.25) is 0 Å². The first-order chi connectivity index (χ1) is 14.2. The molecule has 4 unspecified atom stereocenters. The number of aldehydes is 1. The van der Waals surface area contributed by atoms with Gasteiger partial charge in [-0.3, -0.25) is 14.4 Å². The number of rotatable bonds is 18. The second kappa shape index (κ2) is 17.0. The van der Waals surface area contributed by atoms with Crippen LogP contribution in [0.1, 0.15) is 73.1 Å². The fourth-order valence-corrected chi connectivity index (χ4v) is 2.77. The predicted molar refractivity (Wildman–Crippen MR) is 114 cm³/mol. The third-order valence-electron chi connectivity index (χ3n) is 5.25. The smallest absolute Gasteiger partial charge is 0.308 e. The van der Waals surface area contributed by atoms with E-state index in [1.54, 1.807) is 6.92 Å². The van der Waals surface area contributed by atoms with Crippen molar-refractivity contribution in [2.45, 2.75) is 73.1 Å². The van der Waals surface area contributed by atoms with Gasteiger partial charge < -0.3 is 19.0 Å². The van der Waals surface area contributed by atoms with Gasteiger partial charge in [0.05, 0.1) is 25.0 Å². The fourth-order valence-electron chi connectivity index (χ4n) is 2.77. The number of hydrogen-bond donors (Lipinski definition) is 0. The van der Waals surface area contributed by atoms with Crippen molar-refractivity contribution < 1.29 is 33.4 Å². The second-order valence-corrected chi connectivity index (χ2v) is 8.24. The van der Waals surface area contributed by atoms with E-state index in [0.29, 0.717) is 12.8 Å². The minimum Gasteiger partial charge on any atom is -0.463 e. The molecule has 7 nitrogen and oxygen atoms in total. The number of carbonyl (C=O) groups is 4. The Bertz CT molecular complexity index is 518. The van der Waals surface area contributed by atoms with Crippen molar-refractivity contribution in [3.05, 3.63) is 0 Å². The van der Waals surface area contributed by atoms with Gasteiger partial charge in [-0.05, 0) is 32.6 Å². The molecule has 174 valence electrons. The normalized spacial score (nSPS) is 15.0. The van der Waals surface area contributed by atoms with Crippen molar-refractivity contribution in [1.82, 2.24) is 0 Å². The molecule has 0 saturated heterocycles. The standard InChI is InChI=1S/C23H40O7/c1-17(16-24)8-6-10-19(3)22(26)29-14-12-28-13-15-30-23(27)20(4)11-7-9-18(2)21(5)25/h16-20H,6-15H2,1-5H3. The molecule has 0 saturated carbocycles. The Morgan fingerprint density at radius 3 is 1.57 bits per heavy atom. The van der Waals surface area contributed by atoms with E-state index in [1.807, 2.05) is 27.7 Å². The molecule has 0 heterocycles. The zero-order chi connectivity index (χ0) is 22.9. The zero-order valence-electron chi connectivity index (χ0n) is 19.3. The lowest BCUT2D eigenvalue weighted by atomic mass is 9.96. The fraction of sp³-hybridized carbons (Fsp3) is 0.826. The van der Waals surface area contributed by atoms with E-state index < -0.39 is 0 Å². The number of Topliss-reactive ketones (excluding diaryl/α,β-unsaturated/α-hetero) is 1. The van der Waals surface area contributed by atoms with E-state index in [1.165, 1.54) is 0 Å². The lowest BCUT2D eigenvalue weighted by Gasteiger charge is -2.13. The summed E-state index contributed by atoms with van der Waals surface area (Å²) in [7, 11) is 0. The van der Waals surface area contributed by atoms with E-state index in [2.05, 4.69) is 0 Å². The lowest BCUT2D eigenvalue weighted by molar-refractivity contribution is -0.151. The third kappa shape index (κ3) is 14.3. The molecule has 7 heteroatoms. The maximum absolute atomic E-state index is 11.9. The zero-order valence-corrected chi connectivity index (χ0v) is 19.3.